The van der Waals surface area contributed by atoms with Gasteiger partial charge in [-0.1, -0.05) is 12.1 Å². The van der Waals surface area contributed by atoms with Crippen LogP contribution in [0.3, 0.4) is 0 Å². The monoisotopic (exact) mass is 363 g/mol. The molecular weight excluding hydrogens is 342 g/mol. The summed E-state index contributed by atoms with van der Waals surface area (Å²) in [5.41, 5.74) is 0.884. The van der Waals surface area contributed by atoms with Gasteiger partial charge in [0, 0.05) is 29.0 Å². The smallest absolute Gasteiger partial charge is 0.244 e. The fraction of sp³-hybridized carbons (Fsp3) is 0.278. The molecule has 4 nitrogen and oxygen atoms in total. The minimum absolute atomic E-state index is 0.0958. The van der Waals surface area contributed by atoms with Gasteiger partial charge in [0.2, 0.25) is 5.91 Å². The third-order valence-electron chi connectivity index (χ3n) is 3.20. The van der Waals surface area contributed by atoms with Crippen molar-refractivity contribution in [3.63, 3.8) is 0 Å². The molecule has 24 heavy (non-hydrogen) atoms. The van der Waals surface area contributed by atoms with Gasteiger partial charge in [0.25, 0.3) is 0 Å². The van der Waals surface area contributed by atoms with Gasteiger partial charge >= 0.3 is 0 Å². The predicted octanol–water partition coefficient (Wildman–Crippen LogP) is 3.83. The Kier molecular flexibility index (Phi) is 7.71. The lowest BCUT2D eigenvalue weighted by Crippen LogP contribution is -2.23. The van der Waals surface area contributed by atoms with Crippen LogP contribution in [0.15, 0.2) is 41.8 Å². The number of nitrogens with one attached hydrogen (secondary N) is 1. The van der Waals surface area contributed by atoms with E-state index in [-0.39, 0.29) is 5.91 Å². The standard InChI is InChI=1S/C18H21NO3S2/c1-21-16-7-5-14(12-17(16)22-2)6-8-18(20)19-9-11-23-13-15-4-3-10-24-15/h3-8,10,12H,9,11,13H2,1-2H3,(H,19,20)/b8-6+. The van der Waals surface area contributed by atoms with Crippen molar-refractivity contribution in [2.75, 3.05) is 26.5 Å². The fourth-order valence-electron chi connectivity index (χ4n) is 2.00. The number of carbonyl (C=O) groups is 1. The number of ether oxygens (including phenoxy) is 2. The van der Waals surface area contributed by atoms with Crippen LogP contribution >= 0.6 is 23.1 Å². The minimum Gasteiger partial charge on any atom is -0.493 e. The van der Waals surface area contributed by atoms with Gasteiger partial charge in [-0.25, -0.2) is 0 Å². The summed E-state index contributed by atoms with van der Waals surface area (Å²) in [5, 5.41) is 4.97. The van der Waals surface area contributed by atoms with Crippen LogP contribution in [-0.4, -0.2) is 32.4 Å². The van der Waals surface area contributed by atoms with Crippen molar-refractivity contribution in [2.24, 2.45) is 0 Å². The number of thioether (sulfide) groups is 1. The molecule has 0 fully saturated rings. The van der Waals surface area contributed by atoms with Crippen LogP contribution in [-0.2, 0) is 10.5 Å². The van der Waals surface area contributed by atoms with E-state index in [2.05, 4.69) is 22.8 Å². The lowest BCUT2D eigenvalue weighted by atomic mass is 10.2. The van der Waals surface area contributed by atoms with Crippen molar-refractivity contribution >= 4 is 35.1 Å². The van der Waals surface area contributed by atoms with E-state index >= 15 is 0 Å². The second-order valence-corrected chi connectivity index (χ2v) is 7.01. The zero-order valence-electron chi connectivity index (χ0n) is 13.8. The van der Waals surface area contributed by atoms with Gasteiger partial charge in [0.05, 0.1) is 14.2 Å². The number of hydrogen-bond donors (Lipinski definition) is 1. The Labute approximate surface area is 150 Å². The number of amides is 1. The second kappa shape index (κ2) is 10.1. The number of thiophene rings is 1. The molecule has 6 heteroatoms. The molecule has 1 heterocycles. The average molecular weight is 364 g/mol. The zero-order chi connectivity index (χ0) is 17.2. The van der Waals surface area contributed by atoms with E-state index < -0.39 is 0 Å². The molecule has 0 unspecified atom stereocenters. The van der Waals surface area contributed by atoms with Crippen LogP contribution in [0, 0.1) is 0 Å². The molecule has 0 spiro atoms. The third-order valence-corrected chi connectivity index (χ3v) is 5.27. The molecule has 0 aliphatic rings. The molecule has 1 N–H and O–H groups in total. The number of hydrogen-bond acceptors (Lipinski definition) is 5. The Balaban J connectivity index is 1.72. The average Bonchev–Trinajstić information content (AvgIpc) is 3.12. The van der Waals surface area contributed by atoms with Gasteiger partial charge < -0.3 is 14.8 Å². The lowest BCUT2D eigenvalue weighted by molar-refractivity contribution is -0.116. The van der Waals surface area contributed by atoms with Crippen LogP contribution in [0.2, 0.25) is 0 Å². The highest BCUT2D eigenvalue weighted by Crippen LogP contribution is 2.27. The topological polar surface area (TPSA) is 47.6 Å². The van der Waals surface area contributed by atoms with E-state index in [1.165, 1.54) is 11.0 Å². The molecule has 0 bridgehead atoms. The fourth-order valence-corrected chi connectivity index (χ4v) is 3.70. The van der Waals surface area contributed by atoms with Gasteiger partial charge in [-0.2, -0.15) is 11.8 Å². The Morgan fingerprint density at radius 1 is 1.25 bits per heavy atom. The van der Waals surface area contributed by atoms with Gasteiger partial charge in [0.15, 0.2) is 11.5 Å². The Morgan fingerprint density at radius 3 is 2.79 bits per heavy atom. The number of benzene rings is 1. The zero-order valence-corrected chi connectivity index (χ0v) is 15.4. The van der Waals surface area contributed by atoms with Crippen molar-refractivity contribution in [1.29, 1.82) is 0 Å². The summed E-state index contributed by atoms with van der Waals surface area (Å²) in [6.07, 6.45) is 3.29. The van der Waals surface area contributed by atoms with E-state index in [1.807, 2.05) is 30.0 Å². The van der Waals surface area contributed by atoms with E-state index in [0.29, 0.717) is 18.0 Å². The largest absolute Gasteiger partial charge is 0.493 e. The first-order valence-corrected chi connectivity index (χ1v) is 9.54. The molecule has 2 rings (SSSR count). The van der Waals surface area contributed by atoms with Crippen LogP contribution < -0.4 is 14.8 Å². The molecule has 2 aromatic rings. The van der Waals surface area contributed by atoms with Crippen LogP contribution in [0.1, 0.15) is 10.4 Å². The molecule has 0 aliphatic heterocycles. The molecule has 1 aromatic heterocycles. The highest BCUT2D eigenvalue weighted by atomic mass is 32.2. The van der Waals surface area contributed by atoms with Crippen LogP contribution in [0.4, 0.5) is 0 Å². The lowest BCUT2D eigenvalue weighted by Gasteiger charge is -2.07. The Morgan fingerprint density at radius 2 is 2.08 bits per heavy atom. The van der Waals surface area contributed by atoms with Crippen molar-refractivity contribution in [2.45, 2.75) is 5.75 Å². The first-order chi connectivity index (χ1) is 11.7. The van der Waals surface area contributed by atoms with Crippen LogP contribution in [0.5, 0.6) is 11.5 Å². The van der Waals surface area contributed by atoms with Crippen molar-refractivity contribution in [1.82, 2.24) is 5.32 Å². The summed E-state index contributed by atoms with van der Waals surface area (Å²) in [6, 6.07) is 9.71. The highest BCUT2D eigenvalue weighted by molar-refractivity contribution is 7.98. The summed E-state index contributed by atoms with van der Waals surface area (Å²) in [5.74, 6) is 3.11. The van der Waals surface area contributed by atoms with Crippen molar-refractivity contribution in [3.8, 4) is 11.5 Å². The molecule has 128 valence electrons. The Bertz CT molecular complexity index is 669. The summed E-state index contributed by atoms with van der Waals surface area (Å²) < 4.78 is 10.4. The highest BCUT2D eigenvalue weighted by Gasteiger charge is 2.03. The first-order valence-electron chi connectivity index (χ1n) is 7.51. The molecule has 1 aromatic carbocycles. The SMILES string of the molecule is COc1ccc(/C=C/C(=O)NCCSCc2cccs2)cc1OC. The maximum atomic E-state index is 11.8. The van der Waals surface area contributed by atoms with E-state index in [9.17, 15) is 4.79 Å². The molecular formula is C18H21NO3S2. The normalized spacial score (nSPS) is 10.8. The number of methoxy groups -OCH3 is 2. The molecule has 0 aliphatic carbocycles. The van der Waals surface area contributed by atoms with Crippen LogP contribution in [0.25, 0.3) is 6.08 Å². The van der Waals surface area contributed by atoms with E-state index in [1.54, 1.807) is 31.6 Å². The predicted molar refractivity (Wildman–Crippen MR) is 102 cm³/mol. The summed E-state index contributed by atoms with van der Waals surface area (Å²) in [7, 11) is 3.18. The first kappa shape index (κ1) is 18.4. The van der Waals surface area contributed by atoms with Gasteiger partial charge in [-0.05, 0) is 35.2 Å². The van der Waals surface area contributed by atoms with Gasteiger partial charge in [-0.15, -0.1) is 11.3 Å². The van der Waals surface area contributed by atoms with Gasteiger partial charge in [-0.3, -0.25) is 4.79 Å². The van der Waals surface area contributed by atoms with E-state index in [4.69, 9.17) is 9.47 Å². The second-order valence-electron chi connectivity index (χ2n) is 4.87. The molecule has 1 amide bonds. The quantitative estimate of drug-likeness (QED) is 0.543. The molecule has 0 radical (unpaired) electrons. The maximum absolute atomic E-state index is 11.8. The molecule has 0 saturated carbocycles. The maximum Gasteiger partial charge on any atom is 0.244 e. The Hall–Kier alpha value is -1.92. The third kappa shape index (κ3) is 5.94. The number of rotatable bonds is 9. The van der Waals surface area contributed by atoms with Crippen molar-refractivity contribution in [3.05, 3.63) is 52.2 Å². The summed E-state index contributed by atoms with van der Waals surface area (Å²) in [4.78, 5) is 13.2. The minimum atomic E-state index is -0.0958. The van der Waals surface area contributed by atoms with E-state index in [0.717, 1.165) is 17.1 Å². The summed E-state index contributed by atoms with van der Waals surface area (Å²) in [6.45, 7) is 0.658. The molecule has 0 atom stereocenters. The molecule has 0 saturated heterocycles. The van der Waals surface area contributed by atoms with Crippen molar-refractivity contribution < 1.29 is 14.3 Å². The van der Waals surface area contributed by atoms with Gasteiger partial charge in [0.1, 0.15) is 0 Å². The summed E-state index contributed by atoms with van der Waals surface area (Å²) >= 11 is 3.58. The number of carbonyl (C=O) groups excluding carboxylic acids is 1.